The summed E-state index contributed by atoms with van der Waals surface area (Å²) in [6.07, 6.45) is -3.88. The Kier molecular flexibility index (Phi) is 6.34. The number of carbonyl (C=O) groups is 1. The quantitative estimate of drug-likeness (QED) is 0.619. The topological polar surface area (TPSA) is 74.2 Å². The van der Waals surface area contributed by atoms with Crippen LogP contribution in [-0.4, -0.2) is 61.3 Å². The Labute approximate surface area is 137 Å². The third-order valence-electron chi connectivity index (χ3n) is 3.52. The minimum Gasteiger partial charge on any atom is -0.453 e. The standard InChI is InChI=1S/C15H19BrO6/c1-19-13-11(17)15(20-2)21-10(8-16)12(13)22-14(18)9-6-4-3-5-7-9/h3-7,10-13,15,17H,8H2,1-2H3/t10-,11+,12-,13+,15?/m1/s1. The fraction of sp³-hybridized carbons (Fsp3) is 0.533. The average Bonchev–Trinajstić information content (AvgIpc) is 2.56. The fourth-order valence-electron chi connectivity index (χ4n) is 2.39. The molecule has 1 fully saturated rings. The van der Waals surface area contributed by atoms with Gasteiger partial charge in [-0.3, -0.25) is 0 Å². The highest BCUT2D eigenvalue weighted by Crippen LogP contribution is 2.27. The molecule has 0 saturated carbocycles. The van der Waals surface area contributed by atoms with E-state index in [4.69, 9.17) is 18.9 Å². The minimum absolute atomic E-state index is 0.409. The molecular formula is C15H19BrO6. The van der Waals surface area contributed by atoms with Gasteiger partial charge in [0.1, 0.15) is 18.3 Å². The predicted octanol–water partition coefficient (Wildman–Crippen LogP) is 1.35. The number of hydrogen-bond acceptors (Lipinski definition) is 6. The molecule has 0 amide bonds. The molecule has 122 valence electrons. The molecule has 1 aliphatic rings. The zero-order valence-electron chi connectivity index (χ0n) is 12.3. The van der Waals surface area contributed by atoms with Gasteiger partial charge in [0.2, 0.25) is 0 Å². The van der Waals surface area contributed by atoms with E-state index in [2.05, 4.69) is 15.9 Å². The molecule has 1 heterocycles. The number of aliphatic hydroxyl groups is 1. The monoisotopic (exact) mass is 374 g/mol. The summed E-state index contributed by atoms with van der Waals surface area (Å²) in [6, 6.07) is 8.63. The molecular weight excluding hydrogens is 356 g/mol. The lowest BCUT2D eigenvalue weighted by molar-refractivity contribution is -0.288. The van der Waals surface area contributed by atoms with E-state index in [-0.39, 0.29) is 0 Å². The van der Waals surface area contributed by atoms with E-state index in [1.807, 2.05) is 6.07 Å². The lowest BCUT2D eigenvalue weighted by Gasteiger charge is -2.42. The number of alkyl halides is 1. The van der Waals surface area contributed by atoms with Gasteiger partial charge in [0.15, 0.2) is 12.4 Å². The van der Waals surface area contributed by atoms with E-state index in [1.165, 1.54) is 14.2 Å². The highest BCUT2D eigenvalue weighted by atomic mass is 79.9. The SMILES string of the molecule is COC1O[C@H](CBr)[C@@H](OC(=O)c2ccccc2)[C@@H](OC)[C@@H]1O. The number of esters is 1. The highest BCUT2D eigenvalue weighted by Gasteiger charge is 2.47. The Hall–Kier alpha value is -0.990. The molecule has 5 atom stereocenters. The van der Waals surface area contributed by atoms with E-state index >= 15 is 0 Å². The molecule has 1 N–H and O–H groups in total. The van der Waals surface area contributed by atoms with Crippen molar-refractivity contribution in [1.29, 1.82) is 0 Å². The second kappa shape index (κ2) is 8.03. The van der Waals surface area contributed by atoms with E-state index in [9.17, 15) is 9.90 Å². The summed E-state index contributed by atoms with van der Waals surface area (Å²) in [5.74, 6) is -0.495. The normalized spacial score (nSPS) is 31.7. The van der Waals surface area contributed by atoms with Gasteiger partial charge in [0, 0.05) is 19.5 Å². The Morgan fingerprint density at radius 2 is 1.91 bits per heavy atom. The van der Waals surface area contributed by atoms with Gasteiger partial charge in [-0.2, -0.15) is 0 Å². The van der Waals surface area contributed by atoms with Crippen LogP contribution < -0.4 is 0 Å². The van der Waals surface area contributed by atoms with Gasteiger partial charge in [0.25, 0.3) is 0 Å². The van der Waals surface area contributed by atoms with Crippen molar-refractivity contribution >= 4 is 21.9 Å². The summed E-state index contributed by atoms with van der Waals surface area (Å²) in [5.41, 5.74) is 0.425. The molecule has 22 heavy (non-hydrogen) atoms. The Morgan fingerprint density at radius 1 is 1.23 bits per heavy atom. The van der Waals surface area contributed by atoms with Gasteiger partial charge in [-0.05, 0) is 12.1 Å². The minimum atomic E-state index is -1.06. The number of benzene rings is 1. The van der Waals surface area contributed by atoms with Crippen LogP contribution in [0.4, 0.5) is 0 Å². The van der Waals surface area contributed by atoms with Crippen molar-refractivity contribution < 1.29 is 28.8 Å². The lowest BCUT2D eigenvalue weighted by Crippen LogP contribution is -2.60. The molecule has 7 heteroatoms. The summed E-state index contributed by atoms with van der Waals surface area (Å²) in [5, 5.41) is 10.6. The van der Waals surface area contributed by atoms with Crippen LogP contribution in [-0.2, 0) is 18.9 Å². The van der Waals surface area contributed by atoms with Crippen molar-refractivity contribution in [2.45, 2.75) is 30.7 Å². The predicted molar refractivity (Wildman–Crippen MR) is 81.9 cm³/mol. The average molecular weight is 375 g/mol. The van der Waals surface area contributed by atoms with Crippen LogP contribution in [0.2, 0.25) is 0 Å². The number of aliphatic hydroxyl groups excluding tert-OH is 1. The maximum Gasteiger partial charge on any atom is 0.338 e. The van der Waals surface area contributed by atoms with Crippen molar-refractivity contribution in [1.82, 2.24) is 0 Å². The van der Waals surface area contributed by atoms with Gasteiger partial charge in [-0.15, -0.1) is 0 Å². The molecule has 0 aliphatic carbocycles. The second-order valence-electron chi connectivity index (χ2n) is 4.86. The Bertz CT molecular complexity index is 482. The molecule has 0 bridgehead atoms. The van der Waals surface area contributed by atoms with Crippen molar-refractivity contribution in [2.75, 3.05) is 19.5 Å². The zero-order valence-corrected chi connectivity index (χ0v) is 13.9. The summed E-state index contributed by atoms with van der Waals surface area (Å²) in [7, 11) is 2.88. The summed E-state index contributed by atoms with van der Waals surface area (Å²) < 4.78 is 21.5. The van der Waals surface area contributed by atoms with Crippen molar-refractivity contribution in [3.8, 4) is 0 Å². The van der Waals surface area contributed by atoms with Crippen molar-refractivity contribution in [3.05, 3.63) is 35.9 Å². The summed E-state index contributed by atoms with van der Waals surface area (Å²) in [4.78, 5) is 12.2. The first kappa shape index (κ1) is 17.4. The Morgan fingerprint density at radius 3 is 2.45 bits per heavy atom. The number of methoxy groups -OCH3 is 2. The van der Waals surface area contributed by atoms with Crippen LogP contribution in [0.1, 0.15) is 10.4 Å². The molecule has 1 aliphatic heterocycles. The first-order chi connectivity index (χ1) is 10.6. The van der Waals surface area contributed by atoms with Crippen molar-refractivity contribution in [3.63, 3.8) is 0 Å². The molecule has 6 nitrogen and oxygen atoms in total. The molecule has 0 spiro atoms. The van der Waals surface area contributed by atoms with Gasteiger partial charge < -0.3 is 24.1 Å². The number of ether oxygens (including phenoxy) is 4. The number of rotatable bonds is 5. The van der Waals surface area contributed by atoms with E-state index in [1.54, 1.807) is 24.3 Å². The van der Waals surface area contributed by atoms with Crippen LogP contribution in [0, 0.1) is 0 Å². The summed E-state index contributed by atoms with van der Waals surface area (Å²) >= 11 is 3.32. The molecule has 1 saturated heterocycles. The maximum absolute atomic E-state index is 12.2. The van der Waals surface area contributed by atoms with Crippen LogP contribution in [0.15, 0.2) is 30.3 Å². The van der Waals surface area contributed by atoms with Gasteiger partial charge >= 0.3 is 5.97 Å². The van der Waals surface area contributed by atoms with Crippen LogP contribution in [0.3, 0.4) is 0 Å². The molecule has 1 aromatic carbocycles. The van der Waals surface area contributed by atoms with E-state index in [0.29, 0.717) is 10.9 Å². The van der Waals surface area contributed by atoms with E-state index < -0.39 is 36.7 Å². The van der Waals surface area contributed by atoms with Crippen LogP contribution in [0.5, 0.6) is 0 Å². The molecule has 0 aromatic heterocycles. The first-order valence-corrected chi connectivity index (χ1v) is 7.95. The van der Waals surface area contributed by atoms with Gasteiger partial charge in [-0.1, -0.05) is 34.1 Å². The second-order valence-corrected chi connectivity index (χ2v) is 5.51. The Balaban J connectivity index is 2.17. The molecule has 0 radical (unpaired) electrons. The van der Waals surface area contributed by atoms with Crippen molar-refractivity contribution in [2.24, 2.45) is 0 Å². The number of halogens is 1. The summed E-state index contributed by atoms with van der Waals surface area (Å²) in [6.45, 7) is 0. The van der Waals surface area contributed by atoms with Gasteiger partial charge in [-0.25, -0.2) is 4.79 Å². The smallest absolute Gasteiger partial charge is 0.338 e. The molecule has 1 aromatic rings. The molecule has 1 unspecified atom stereocenters. The fourth-order valence-corrected chi connectivity index (χ4v) is 2.91. The third-order valence-corrected chi connectivity index (χ3v) is 4.16. The highest BCUT2D eigenvalue weighted by molar-refractivity contribution is 9.09. The number of hydrogen-bond donors (Lipinski definition) is 1. The van der Waals surface area contributed by atoms with Gasteiger partial charge in [0.05, 0.1) is 5.56 Å². The van der Waals surface area contributed by atoms with Crippen LogP contribution in [0.25, 0.3) is 0 Å². The zero-order chi connectivity index (χ0) is 16.1. The largest absolute Gasteiger partial charge is 0.453 e. The maximum atomic E-state index is 12.2. The van der Waals surface area contributed by atoms with Crippen LogP contribution >= 0.6 is 15.9 Å². The number of carbonyl (C=O) groups excluding carboxylic acids is 1. The molecule has 2 rings (SSSR count). The first-order valence-electron chi connectivity index (χ1n) is 6.83. The third kappa shape index (κ3) is 3.67. The van der Waals surface area contributed by atoms with E-state index in [0.717, 1.165) is 0 Å². The lowest BCUT2D eigenvalue weighted by atomic mass is 9.99.